The van der Waals surface area contributed by atoms with Gasteiger partial charge in [-0.3, -0.25) is 0 Å². The minimum absolute atomic E-state index is 0. The molecule has 0 radical (unpaired) electrons. The van der Waals surface area contributed by atoms with Crippen molar-refractivity contribution in [1.82, 2.24) is 0 Å². The molecule has 0 amide bonds. The minimum atomic E-state index is -0.191. The van der Waals surface area contributed by atoms with E-state index in [9.17, 15) is 5.11 Å². The smallest absolute Gasteiger partial charge is 0.131 e. The molecule has 0 bridgehead atoms. The van der Waals surface area contributed by atoms with Gasteiger partial charge in [0.15, 0.2) is 0 Å². The van der Waals surface area contributed by atoms with Crippen LogP contribution in [0.1, 0.15) is 45.7 Å². The second-order valence-corrected chi connectivity index (χ2v) is 7.48. The molecule has 3 heteroatoms. The number of allylic oxidation sites excluding steroid dienone is 2. The lowest BCUT2D eigenvalue weighted by atomic mass is 9.93. The number of fused-ring (bicyclic) bond motifs is 1. The summed E-state index contributed by atoms with van der Waals surface area (Å²) >= 11 is 0. The number of aromatic hydroxyl groups is 1. The van der Waals surface area contributed by atoms with Gasteiger partial charge in [0.1, 0.15) is 17.1 Å². The van der Waals surface area contributed by atoms with Gasteiger partial charge < -0.3 is 15.3 Å². The third kappa shape index (κ3) is 5.73. The van der Waals surface area contributed by atoms with Crippen molar-refractivity contribution in [3.05, 3.63) is 83.0 Å². The second-order valence-electron chi connectivity index (χ2n) is 7.48. The van der Waals surface area contributed by atoms with E-state index in [4.69, 9.17) is 4.74 Å². The summed E-state index contributed by atoms with van der Waals surface area (Å²) in [6, 6.07) is 15.7. The third-order valence-electron chi connectivity index (χ3n) is 5.04. The minimum Gasteiger partial charge on any atom is -0.508 e. The Balaban J connectivity index is 0.000000260. The van der Waals surface area contributed by atoms with Gasteiger partial charge in [0, 0.05) is 6.42 Å². The molecule has 0 aromatic heterocycles. The van der Waals surface area contributed by atoms with Gasteiger partial charge in [-0.1, -0.05) is 54.1 Å². The lowest BCUT2D eigenvalue weighted by Gasteiger charge is -2.23. The number of phenols is 1. The Labute approximate surface area is 163 Å². The Morgan fingerprint density at radius 3 is 2.19 bits per heavy atom. The maximum atomic E-state index is 9.52. The maximum absolute atomic E-state index is 9.52. The van der Waals surface area contributed by atoms with Gasteiger partial charge in [-0.05, 0) is 69.9 Å². The molecule has 3 rings (SSSR count). The molecule has 27 heavy (non-hydrogen) atoms. The summed E-state index contributed by atoms with van der Waals surface area (Å²) in [6.07, 6.45) is 1.79. The molecule has 3 N–H and O–H groups in total. The molecule has 0 saturated heterocycles. The Morgan fingerprint density at radius 1 is 1.04 bits per heavy atom. The summed E-state index contributed by atoms with van der Waals surface area (Å²) in [7, 11) is 0. The molecule has 1 aliphatic heterocycles. The van der Waals surface area contributed by atoms with E-state index in [0.29, 0.717) is 5.75 Å². The number of phenolic OH excluding ortho intramolecular Hbond substituents is 1. The molecule has 1 atom stereocenters. The van der Waals surface area contributed by atoms with E-state index in [1.165, 1.54) is 16.7 Å². The van der Waals surface area contributed by atoms with E-state index in [2.05, 4.69) is 40.3 Å². The number of ether oxygens (including phenoxy) is 1. The Bertz CT molecular complexity index is 789. The van der Waals surface area contributed by atoms with Crippen LogP contribution in [-0.2, 0) is 12.8 Å². The highest BCUT2D eigenvalue weighted by molar-refractivity contribution is 5.41. The molecule has 1 heterocycles. The van der Waals surface area contributed by atoms with E-state index in [-0.39, 0.29) is 11.1 Å². The van der Waals surface area contributed by atoms with Gasteiger partial charge in [0.25, 0.3) is 0 Å². The molecular formula is C24H32O3. The van der Waals surface area contributed by atoms with E-state index < -0.39 is 0 Å². The topological polar surface area (TPSA) is 61.0 Å². The van der Waals surface area contributed by atoms with Crippen molar-refractivity contribution in [1.29, 1.82) is 0 Å². The first-order valence-electron chi connectivity index (χ1n) is 9.05. The van der Waals surface area contributed by atoms with Crippen molar-refractivity contribution < 1.29 is 15.3 Å². The highest BCUT2D eigenvalue weighted by Gasteiger charge is 2.34. The first-order chi connectivity index (χ1) is 12.2. The number of benzene rings is 2. The van der Waals surface area contributed by atoms with Crippen LogP contribution in [-0.4, -0.2) is 16.2 Å². The molecule has 0 saturated carbocycles. The predicted molar refractivity (Wildman–Crippen MR) is 113 cm³/mol. The monoisotopic (exact) mass is 368 g/mol. The zero-order valence-corrected chi connectivity index (χ0v) is 17.1. The van der Waals surface area contributed by atoms with Crippen molar-refractivity contribution in [3.63, 3.8) is 0 Å². The maximum Gasteiger partial charge on any atom is 0.131 e. The van der Waals surface area contributed by atoms with E-state index >= 15 is 0 Å². The summed E-state index contributed by atoms with van der Waals surface area (Å²) in [6.45, 7) is 14.4. The molecule has 146 valence electrons. The predicted octanol–water partition coefficient (Wildman–Crippen LogP) is 5.42. The van der Waals surface area contributed by atoms with Crippen LogP contribution in [0, 0.1) is 0 Å². The highest BCUT2D eigenvalue weighted by atomic mass is 16.5. The molecule has 3 nitrogen and oxygen atoms in total. The van der Waals surface area contributed by atoms with Crippen LogP contribution in [0.5, 0.6) is 11.5 Å². The summed E-state index contributed by atoms with van der Waals surface area (Å²) in [5.41, 5.74) is 5.83. The standard InChI is InChI=1S/C12H14O.C12H16O.H2O/c1-9(2)12(3)8-10-6-4-5-7-11(10)13-12;1-9(2)10(3)8-11-6-4-5-7-12(11)13;/h4-7H,1,8H2,2-3H3;4-7,13H,8H2,1-3H3;1H2/t12-;;/m1../s1. The van der Waals surface area contributed by atoms with Crippen molar-refractivity contribution >= 4 is 0 Å². The van der Waals surface area contributed by atoms with E-state index in [1.54, 1.807) is 6.07 Å². The van der Waals surface area contributed by atoms with Crippen LogP contribution in [0.4, 0.5) is 0 Å². The van der Waals surface area contributed by atoms with Crippen LogP contribution in [0.2, 0.25) is 0 Å². The average Bonchev–Trinajstić information content (AvgIpc) is 2.95. The number of rotatable bonds is 3. The molecule has 1 aliphatic rings. The lowest BCUT2D eigenvalue weighted by Crippen LogP contribution is -2.30. The van der Waals surface area contributed by atoms with E-state index in [0.717, 1.165) is 29.7 Å². The molecule has 0 spiro atoms. The molecule has 2 aromatic carbocycles. The molecule has 0 unspecified atom stereocenters. The molecule has 2 aromatic rings. The SMILES string of the molecule is C=C(C)[C@@]1(C)Cc2ccccc2O1.CC(C)=C(C)Cc1ccccc1O.O. The van der Waals surface area contributed by atoms with Crippen LogP contribution < -0.4 is 4.74 Å². The molecular weight excluding hydrogens is 336 g/mol. The Morgan fingerprint density at radius 2 is 1.63 bits per heavy atom. The fraction of sp³-hybridized carbons (Fsp3) is 0.333. The fourth-order valence-electron chi connectivity index (χ4n) is 2.75. The quantitative estimate of drug-likeness (QED) is 0.735. The first-order valence-corrected chi connectivity index (χ1v) is 9.05. The van der Waals surface area contributed by atoms with Gasteiger partial charge in [-0.2, -0.15) is 0 Å². The van der Waals surface area contributed by atoms with Gasteiger partial charge >= 0.3 is 0 Å². The summed E-state index contributed by atoms with van der Waals surface area (Å²) in [5.74, 6) is 1.40. The molecule has 0 fully saturated rings. The highest BCUT2D eigenvalue weighted by Crippen LogP contribution is 2.37. The van der Waals surface area contributed by atoms with Gasteiger partial charge in [-0.25, -0.2) is 0 Å². The fourth-order valence-corrected chi connectivity index (χ4v) is 2.75. The normalized spacial score (nSPS) is 16.8. The lowest BCUT2D eigenvalue weighted by molar-refractivity contribution is 0.157. The van der Waals surface area contributed by atoms with Crippen LogP contribution in [0.3, 0.4) is 0 Å². The summed E-state index contributed by atoms with van der Waals surface area (Å²) in [4.78, 5) is 0. The number of hydrogen-bond acceptors (Lipinski definition) is 2. The van der Waals surface area contributed by atoms with Crippen molar-refractivity contribution in [2.75, 3.05) is 0 Å². The van der Waals surface area contributed by atoms with E-state index in [1.807, 2.05) is 43.3 Å². The Kier molecular flexibility index (Phi) is 7.86. The van der Waals surface area contributed by atoms with Crippen LogP contribution >= 0.6 is 0 Å². The van der Waals surface area contributed by atoms with Crippen molar-refractivity contribution in [2.45, 2.75) is 53.1 Å². The van der Waals surface area contributed by atoms with Crippen LogP contribution in [0.15, 0.2) is 71.8 Å². The zero-order valence-electron chi connectivity index (χ0n) is 17.1. The number of para-hydroxylation sites is 2. The summed E-state index contributed by atoms with van der Waals surface area (Å²) < 4.78 is 5.86. The Hall–Kier alpha value is -2.52. The van der Waals surface area contributed by atoms with Crippen molar-refractivity contribution in [2.24, 2.45) is 0 Å². The van der Waals surface area contributed by atoms with Gasteiger partial charge in [0.2, 0.25) is 0 Å². The summed E-state index contributed by atoms with van der Waals surface area (Å²) in [5, 5.41) is 9.52. The van der Waals surface area contributed by atoms with Crippen molar-refractivity contribution in [3.8, 4) is 11.5 Å². The third-order valence-corrected chi connectivity index (χ3v) is 5.04. The number of hydrogen-bond donors (Lipinski definition) is 1. The van der Waals surface area contributed by atoms with Gasteiger partial charge in [0.05, 0.1) is 0 Å². The molecule has 0 aliphatic carbocycles. The van der Waals surface area contributed by atoms with Gasteiger partial charge in [-0.15, -0.1) is 0 Å². The second kappa shape index (κ2) is 9.43. The largest absolute Gasteiger partial charge is 0.508 e. The average molecular weight is 369 g/mol. The zero-order chi connectivity index (χ0) is 19.3. The first kappa shape index (κ1) is 22.5. The van der Waals surface area contributed by atoms with Crippen LogP contribution in [0.25, 0.3) is 0 Å².